The highest BCUT2D eigenvalue weighted by Crippen LogP contribution is 2.36. The summed E-state index contributed by atoms with van der Waals surface area (Å²) in [7, 11) is 0. The molecule has 5 nitrogen and oxygen atoms in total. The molecule has 0 aliphatic carbocycles. The SMILES string of the molecule is CC(N)(c1nc(-c2cncc(Br)c2)no1)C(F)(F)F. The van der Waals surface area contributed by atoms with Gasteiger partial charge in [0.15, 0.2) is 5.54 Å². The predicted molar refractivity (Wildman–Crippen MR) is 62.8 cm³/mol. The molecule has 2 rings (SSSR count). The summed E-state index contributed by atoms with van der Waals surface area (Å²) >= 11 is 3.18. The van der Waals surface area contributed by atoms with Crippen LogP contribution in [0.5, 0.6) is 0 Å². The van der Waals surface area contributed by atoms with Gasteiger partial charge in [-0.15, -0.1) is 0 Å². The van der Waals surface area contributed by atoms with E-state index in [0.29, 0.717) is 10.0 Å². The Morgan fingerprint density at radius 3 is 2.58 bits per heavy atom. The van der Waals surface area contributed by atoms with Crippen molar-refractivity contribution >= 4 is 15.9 Å². The molecule has 0 radical (unpaired) electrons. The first-order chi connectivity index (χ1) is 8.72. The third-order valence-electron chi connectivity index (χ3n) is 2.42. The van der Waals surface area contributed by atoms with Crippen LogP contribution in [0.15, 0.2) is 27.5 Å². The molecular formula is C10H8BrF3N4O. The fourth-order valence-electron chi connectivity index (χ4n) is 1.21. The van der Waals surface area contributed by atoms with Gasteiger partial charge in [-0.25, -0.2) is 0 Å². The van der Waals surface area contributed by atoms with Crippen molar-refractivity contribution in [3.05, 3.63) is 28.8 Å². The lowest BCUT2D eigenvalue weighted by Gasteiger charge is -2.22. The molecule has 0 saturated carbocycles. The van der Waals surface area contributed by atoms with Crippen molar-refractivity contribution in [2.45, 2.75) is 18.6 Å². The Hall–Kier alpha value is -1.48. The van der Waals surface area contributed by atoms with Gasteiger partial charge in [0.25, 0.3) is 5.89 Å². The second kappa shape index (κ2) is 4.57. The smallest absolute Gasteiger partial charge is 0.337 e. The summed E-state index contributed by atoms with van der Waals surface area (Å²) in [4.78, 5) is 7.53. The van der Waals surface area contributed by atoms with Crippen LogP contribution in [0.3, 0.4) is 0 Å². The molecule has 9 heteroatoms. The van der Waals surface area contributed by atoms with Crippen LogP contribution in [0, 0.1) is 0 Å². The first-order valence-corrected chi connectivity index (χ1v) is 5.82. The quantitative estimate of drug-likeness (QED) is 0.912. The van der Waals surface area contributed by atoms with E-state index >= 15 is 0 Å². The molecule has 102 valence electrons. The fraction of sp³-hybridized carbons (Fsp3) is 0.300. The van der Waals surface area contributed by atoms with Crippen LogP contribution >= 0.6 is 15.9 Å². The highest BCUT2D eigenvalue weighted by Gasteiger charge is 2.53. The van der Waals surface area contributed by atoms with Gasteiger partial charge in [-0.2, -0.15) is 18.2 Å². The molecule has 0 aromatic carbocycles. The lowest BCUT2D eigenvalue weighted by molar-refractivity contribution is -0.190. The third-order valence-corrected chi connectivity index (χ3v) is 2.86. The summed E-state index contributed by atoms with van der Waals surface area (Å²) < 4.78 is 43.4. The average Bonchev–Trinajstić information content (AvgIpc) is 2.77. The zero-order valence-electron chi connectivity index (χ0n) is 9.57. The molecule has 0 aliphatic heterocycles. The molecule has 2 N–H and O–H groups in total. The molecule has 0 amide bonds. The van der Waals surface area contributed by atoms with Crippen molar-refractivity contribution in [3.63, 3.8) is 0 Å². The minimum atomic E-state index is -4.69. The summed E-state index contributed by atoms with van der Waals surface area (Å²) in [6, 6.07) is 1.60. The predicted octanol–water partition coefficient (Wildman–Crippen LogP) is 2.63. The van der Waals surface area contributed by atoms with Crippen LogP contribution in [0.25, 0.3) is 11.4 Å². The van der Waals surface area contributed by atoms with Gasteiger partial charge in [-0.3, -0.25) is 4.98 Å². The maximum Gasteiger partial charge on any atom is 0.415 e. The number of aromatic nitrogens is 3. The second-order valence-corrected chi connectivity index (χ2v) is 4.93. The lowest BCUT2D eigenvalue weighted by Crippen LogP contribution is -2.47. The number of pyridine rings is 1. The summed E-state index contributed by atoms with van der Waals surface area (Å²) in [6.07, 6.45) is -1.76. The molecule has 0 spiro atoms. The van der Waals surface area contributed by atoms with E-state index < -0.39 is 17.6 Å². The molecule has 2 aromatic heterocycles. The molecule has 2 heterocycles. The zero-order valence-corrected chi connectivity index (χ0v) is 11.2. The first-order valence-electron chi connectivity index (χ1n) is 5.02. The topological polar surface area (TPSA) is 77.8 Å². The van der Waals surface area contributed by atoms with E-state index in [1.807, 2.05) is 0 Å². The number of halogens is 4. The fourth-order valence-corrected chi connectivity index (χ4v) is 1.57. The van der Waals surface area contributed by atoms with Crippen LogP contribution in [0.2, 0.25) is 0 Å². The lowest BCUT2D eigenvalue weighted by atomic mass is 10.0. The number of nitrogens with zero attached hydrogens (tertiary/aromatic N) is 3. The van der Waals surface area contributed by atoms with Gasteiger partial charge in [0.1, 0.15) is 0 Å². The monoisotopic (exact) mass is 336 g/mol. The minimum absolute atomic E-state index is 0.00951. The van der Waals surface area contributed by atoms with Crippen molar-refractivity contribution in [1.82, 2.24) is 15.1 Å². The van der Waals surface area contributed by atoms with E-state index in [0.717, 1.165) is 6.92 Å². The van der Waals surface area contributed by atoms with Gasteiger partial charge in [0, 0.05) is 22.4 Å². The van der Waals surface area contributed by atoms with Crippen molar-refractivity contribution < 1.29 is 17.7 Å². The van der Waals surface area contributed by atoms with Crippen molar-refractivity contribution in [2.75, 3.05) is 0 Å². The Balaban J connectivity index is 2.40. The van der Waals surface area contributed by atoms with E-state index in [1.165, 1.54) is 12.4 Å². The summed E-state index contributed by atoms with van der Waals surface area (Å²) in [5.74, 6) is -0.709. The number of rotatable bonds is 2. The molecule has 19 heavy (non-hydrogen) atoms. The molecule has 0 fully saturated rings. The molecule has 0 bridgehead atoms. The van der Waals surface area contributed by atoms with Crippen LogP contribution in [0.1, 0.15) is 12.8 Å². The van der Waals surface area contributed by atoms with Gasteiger partial charge in [0.2, 0.25) is 5.82 Å². The highest BCUT2D eigenvalue weighted by molar-refractivity contribution is 9.10. The third kappa shape index (κ3) is 2.61. The largest absolute Gasteiger partial charge is 0.415 e. The highest BCUT2D eigenvalue weighted by atomic mass is 79.9. The second-order valence-electron chi connectivity index (χ2n) is 4.02. The Kier molecular flexibility index (Phi) is 3.35. The maximum atomic E-state index is 12.7. The van der Waals surface area contributed by atoms with Crippen molar-refractivity contribution in [3.8, 4) is 11.4 Å². The standard InChI is InChI=1S/C10H8BrF3N4O/c1-9(15,10(12,13)14)8-17-7(18-19-8)5-2-6(11)4-16-3-5/h2-4H,15H2,1H3. The molecule has 0 aliphatic rings. The number of hydrogen-bond acceptors (Lipinski definition) is 5. The van der Waals surface area contributed by atoms with Crippen molar-refractivity contribution in [2.24, 2.45) is 5.73 Å². The number of alkyl halides is 3. The van der Waals surface area contributed by atoms with Crippen LogP contribution < -0.4 is 5.73 Å². The number of nitrogens with two attached hydrogens (primary N) is 1. The molecule has 0 saturated heterocycles. The summed E-state index contributed by atoms with van der Waals surface area (Å²) in [6.45, 7) is 0.767. The molecule has 1 atom stereocenters. The number of hydrogen-bond donors (Lipinski definition) is 1. The van der Waals surface area contributed by atoms with E-state index in [2.05, 4.69) is 35.6 Å². The maximum absolute atomic E-state index is 12.7. The van der Waals surface area contributed by atoms with Crippen molar-refractivity contribution in [1.29, 1.82) is 0 Å². The summed E-state index contributed by atoms with van der Waals surface area (Å²) in [5, 5.41) is 3.48. The van der Waals surface area contributed by atoms with Crippen LogP contribution in [-0.4, -0.2) is 21.3 Å². The van der Waals surface area contributed by atoms with Crippen LogP contribution in [-0.2, 0) is 5.54 Å². The normalized spacial score (nSPS) is 15.3. The Bertz CT molecular complexity index is 596. The van der Waals surface area contributed by atoms with E-state index in [-0.39, 0.29) is 5.82 Å². The van der Waals surface area contributed by atoms with Gasteiger partial charge < -0.3 is 10.3 Å². The van der Waals surface area contributed by atoms with Gasteiger partial charge in [-0.1, -0.05) is 5.16 Å². The van der Waals surface area contributed by atoms with Gasteiger partial charge in [0.05, 0.1) is 0 Å². The zero-order chi connectivity index (χ0) is 14.3. The summed E-state index contributed by atoms with van der Waals surface area (Å²) in [5.41, 5.74) is 2.91. The first kappa shape index (κ1) is 13.9. The minimum Gasteiger partial charge on any atom is -0.337 e. The Labute approximate surface area is 114 Å². The van der Waals surface area contributed by atoms with Crippen LogP contribution in [0.4, 0.5) is 13.2 Å². The van der Waals surface area contributed by atoms with E-state index in [9.17, 15) is 13.2 Å². The molecule has 2 aromatic rings. The average molecular weight is 337 g/mol. The Morgan fingerprint density at radius 1 is 1.32 bits per heavy atom. The molecule has 1 unspecified atom stereocenters. The van der Waals surface area contributed by atoms with E-state index in [4.69, 9.17) is 5.73 Å². The molecular weight excluding hydrogens is 329 g/mol. The van der Waals surface area contributed by atoms with E-state index in [1.54, 1.807) is 6.07 Å². The van der Waals surface area contributed by atoms with Gasteiger partial charge >= 0.3 is 6.18 Å². The van der Waals surface area contributed by atoms with Gasteiger partial charge in [-0.05, 0) is 28.9 Å². The Morgan fingerprint density at radius 2 is 2.00 bits per heavy atom.